The molecule has 2 aliphatic heterocycles. The number of hydrogen-bond donors (Lipinski definition) is 0. The van der Waals surface area contributed by atoms with E-state index in [4.69, 9.17) is 4.74 Å². The smallest absolute Gasteiger partial charge is 0.224 e. The Morgan fingerprint density at radius 2 is 1.80 bits per heavy atom. The standard InChI is InChI=1S/C20H31N3O2/c1-21(19-5-3-2-4-6-19)10-9-20(24)23-11-7-18(8-12-23)17-22-13-15-25-16-14-22/h2-6,18H,7-17H2,1H3. The maximum Gasteiger partial charge on any atom is 0.224 e. The van der Waals surface area contributed by atoms with Gasteiger partial charge in [-0.05, 0) is 30.9 Å². The summed E-state index contributed by atoms with van der Waals surface area (Å²) in [6.45, 7) is 7.64. The van der Waals surface area contributed by atoms with E-state index in [9.17, 15) is 4.79 Å². The van der Waals surface area contributed by atoms with Gasteiger partial charge in [0.25, 0.3) is 0 Å². The van der Waals surface area contributed by atoms with E-state index in [0.29, 0.717) is 12.3 Å². The van der Waals surface area contributed by atoms with Gasteiger partial charge in [0.1, 0.15) is 0 Å². The van der Waals surface area contributed by atoms with Crippen LogP contribution in [0.3, 0.4) is 0 Å². The van der Waals surface area contributed by atoms with Gasteiger partial charge in [-0.1, -0.05) is 18.2 Å². The van der Waals surface area contributed by atoms with Crippen molar-refractivity contribution in [1.82, 2.24) is 9.80 Å². The summed E-state index contributed by atoms with van der Waals surface area (Å²) in [5, 5.41) is 0. The molecule has 2 saturated heterocycles. The fourth-order valence-electron chi connectivity index (χ4n) is 3.75. The maximum absolute atomic E-state index is 12.5. The number of rotatable bonds is 6. The monoisotopic (exact) mass is 345 g/mol. The van der Waals surface area contributed by atoms with Crippen molar-refractivity contribution < 1.29 is 9.53 Å². The quantitative estimate of drug-likeness (QED) is 0.791. The zero-order valence-electron chi connectivity index (χ0n) is 15.4. The van der Waals surface area contributed by atoms with Crippen LogP contribution < -0.4 is 4.90 Å². The van der Waals surface area contributed by atoms with Crippen molar-refractivity contribution in [2.24, 2.45) is 5.92 Å². The average Bonchev–Trinajstić information content (AvgIpc) is 2.68. The van der Waals surface area contributed by atoms with Crippen LogP contribution in [-0.2, 0) is 9.53 Å². The molecule has 0 aliphatic carbocycles. The number of morpholine rings is 1. The van der Waals surface area contributed by atoms with E-state index >= 15 is 0 Å². The third kappa shape index (κ3) is 5.44. The number of piperidine rings is 1. The number of anilines is 1. The van der Waals surface area contributed by atoms with Crippen molar-refractivity contribution in [2.45, 2.75) is 19.3 Å². The third-order valence-electron chi connectivity index (χ3n) is 5.45. The van der Waals surface area contributed by atoms with Crippen molar-refractivity contribution >= 4 is 11.6 Å². The lowest BCUT2D eigenvalue weighted by Crippen LogP contribution is -2.44. The van der Waals surface area contributed by atoms with Gasteiger partial charge in [0.2, 0.25) is 5.91 Å². The number of carbonyl (C=O) groups excluding carboxylic acids is 1. The fourth-order valence-corrected chi connectivity index (χ4v) is 3.75. The molecule has 1 aromatic carbocycles. The van der Waals surface area contributed by atoms with Crippen LogP contribution in [0.2, 0.25) is 0 Å². The Morgan fingerprint density at radius 1 is 1.12 bits per heavy atom. The molecule has 0 bridgehead atoms. The number of likely N-dealkylation sites (tertiary alicyclic amines) is 1. The van der Waals surface area contributed by atoms with Crippen molar-refractivity contribution in [3.63, 3.8) is 0 Å². The molecule has 0 atom stereocenters. The lowest BCUT2D eigenvalue weighted by molar-refractivity contribution is -0.132. The van der Waals surface area contributed by atoms with Crippen LogP contribution in [0.25, 0.3) is 0 Å². The molecule has 0 N–H and O–H groups in total. The molecule has 1 amide bonds. The number of nitrogens with zero attached hydrogens (tertiary/aromatic N) is 3. The molecule has 5 nitrogen and oxygen atoms in total. The number of amides is 1. The predicted molar refractivity (Wildman–Crippen MR) is 101 cm³/mol. The summed E-state index contributed by atoms with van der Waals surface area (Å²) in [6.07, 6.45) is 2.87. The molecule has 3 rings (SSSR count). The Labute approximate surface area is 151 Å². The van der Waals surface area contributed by atoms with Crippen molar-refractivity contribution in [2.75, 3.05) is 64.4 Å². The first-order chi connectivity index (χ1) is 12.2. The Bertz CT molecular complexity index is 523. The molecule has 5 heteroatoms. The highest BCUT2D eigenvalue weighted by Crippen LogP contribution is 2.20. The molecule has 138 valence electrons. The molecule has 0 radical (unpaired) electrons. The Hall–Kier alpha value is -1.59. The van der Waals surface area contributed by atoms with E-state index in [1.807, 2.05) is 18.2 Å². The Kier molecular flexibility index (Phi) is 6.70. The van der Waals surface area contributed by atoms with Gasteiger partial charge in [-0.15, -0.1) is 0 Å². The van der Waals surface area contributed by atoms with Crippen molar-refractivity contribution in [3.05, 3.63) is 30.3 Å². The van der Waals surface area contributed by atoms with Crippen LogP contribution in [-0.4, -0.2) is 75.2 Å². The summed E-state index contributed by atoms with van der Waals surface area (Å²) >= 11 is 0. The fraction of sp³-hybridized carbons (Fsp3) is 0.650. The van der Waals surface area contributed by atoms with E-state index in [2.05, 4.69) is 33.9 Å². The van der Waals surface area contributed by atoms with Crippen molar-refractivity contribution in [3.8, 4) is 0 Å². The van der Waals surface area contributed by atoms with Crippen LogP contribution in [0.5, 0.6) is 0 Å². The molecule has 0 aromatic heterocycles. The van der Waals surface area contributed by atoms with Gasteiger partial charge < -0.3 is 14.5 Å². The van der Waals surface area contributed by atoms with Gasteiger partial charge in [-0.2, -0.15) is 0 Å². The van der Waals surface area contributed by atoms with Gasteiger partial charge >= 0.3 is 0 Å². The molecule has 2 heterocycles. The van der Waals surface area contributed by atoms with E-state index in [1.165, 1.54) is 12.2 Å². The van der Waals surface area contributed by atoms with Gasteiger partial charge in [0.15, 0.2) is 0 Å². The summed E-state index contributed by atoms with van der Waals surface area (Å²) in [6, 6.07) is 10.3. The largest absolute Gasteiger partial charge is 0.379 e. The van der Waals surface area contributed by atoms with Crippen LogP contribution in [0.15, 0.2) is 30.3 Å². The molecule has 25 heavy (non-hydrogen) atoms. The first kappa shape index (κ1) is 18.2. The lowest BCUT2D eigenvalue weighted by atomic mass is 9.96. The summed E-state index contributed by atoms with van der Waals surface area (Å²) in [4.78, 5) is 19.2. The Balaban J connectivity index is 1.36. The number of hydrogen-bond acceptors (Lipinski definition) is 4. The van der Waals surface area contributed by atoms with E-state index in [0.717, 1.165) is 64.7 Å². The second kappa shape index (κ2) is 9.20. The van der Waals surface area contributed by atoms with Gasteiger partial charge in [-0.25, -0.2) is 0 Å². The predicted octanol–water partition coefficient (Wildman–Crippen LogP) is 2.08. The molecular weight excluding hydrogens is 314 g/mol. The summed E-state index contributed by atoms with van der Waals surface area (Å²) in [5.74, 6) is 1.03. The number of carbonyl (C=O) groups is 1. The molecule has 0 spiro atoms. The topological polar surface area (TPSA) is 36.0 Å². The zero-order valence-corrected chi connectivity index (χ0v) is 15.4. The normalized spacial score (nSPS) is 19.8. The second-order valence-corrected chi connectivity index (χ2v) is 7.24. The molecule has 2 fully saturated rings. The highest BCUT2D eigenvalue weighted by atomic mass is 16.5. The van der Waals surface area contributed by atoms with Crippen LogP contribution >= 0.6 is 0 Å². The SMILES string of the molecule is CN(CCC(=O)N1CCC(CN2CCOCC2)CC1)c1ccccc1. The van der Waals surface area contributed by atoms with Crippen molar-refractivity contribution in [1.29, 1.82) is 0 Å². The lowest BCUT2D eigenvalue weighted by Gasteiger charge is -2.36. The van der Waals surface area contributed by atoms with Gasteiger partial charge in [0, 0.05) is 58.4 Å². The minimum absolute atomic E-state index is 0.299. The zero-order chi connectivity index (χ0) is 17.5. The molecule has 1 aromatic rings. The summed E-state index contributed by atoms with van der Waals surface area (Å²) in [7, 11) is 2.05. The molecule has 2 aliphatic rings. The number of ether oxygens (including phenoxy) is 1. The number of para-hydroxylation sites is 1. The first-order valence-corrected chi connectivity index (χ1v) is 9.56. The molecular formula is C20H31N3O2. The van der Waals surface area contributed by atoms with Crippen LogP contribution in [0.4, 0.5) is 5.69 Å². The van der Waals surface area contributed by atoms with Gasteiger partial charge in [0.05, 0.1) is 13.2 Å². The van der Waals surface area contributed by atoms with Crippen LogP contribution in [0.1, 0.15) is 19.3 Å². The Morgan fingerprint density at radius 3 is 2.48 bits per heavy atom. The van der Waals surface area contributed by atoms with E-state index < -0.39 is 0 Å². The maximum atomic E-state index is 12.5. The second-order valence-electron chi connectivity index (χ2n) is 7.24. The van der Waals surface area contributed by atoms with E-state index in [1.54, 1.807) is 0 Å². The summed E-state index contributed by atoms with van der Waals surface area (Å²) in [5.41, 5.74) is 1.17. The minimum Gasteiger partial charge on any atom is -0.379 e. The molecule has 0 unspecified atom stereocenters. The first-order valence-electron chi connectivity index (χ1n) is 9.56. The average molecular weight is 345 g/mol. The van der Waals surface area contributed by atoms with Gasteiger partial charge in [-0.3, -0.25) is 9.69 Å². The highest BCUT2D eigenvalue weighted by Gasteiger charge is 2.24. The molecule has 0 saturated carbocycles. The highest BCUT2D eigenvalue weighted by molar-refractivity contribution is 5.76. The summed E-state index contributed by atoms with van der Waals surface area (Å²) < 4.78 is 5.42. The van der Waals surface area contributed by atoms with Crippen LogP contribution in [0, 0.1) is 5.92 Å². The third-order valence-corrected chi connectivity index (χ3v) is 5.45. The van der Waals surface area contributed by atoms with E-state index in [-0.39, 0.29) is 0 Å². The minimum atomic E-state index is 0.299. The number of benzene rings is 1.